The van der Waals surface area contributed by atoms with E-state index in [2.05, 4.69) is 0 Å². The summed E-state index contributed by atoms with van der Waals surface area (Å²) < 4.78 is 15.7. The van der Waals surface area contributed by atoms with E-state index in [1.165, 1.54) is 0 Å². The van der Waals surface area contributed by atoms with Gasteiger partial charge in [0.05, 0.1) is 18.8 Å². The Morgan fingerprint density at radius 2 is 1.88 bits per heavy atom. The zero-order valence-electron chi connectivity index (χ0n) is 10.2. The number of aliphatic hydroxyl groups is 1. The van der Waals surface area contributed by atoms with Crippen molar-refractivity contribution in [1.29, 1.82) is 0 Å². The number of carbonyl (C=O) groups excluding carboxylic acids is 1. The second-order valence-electron chi connectivity index (χ2n) is 4.75. The molecule has 1 N–H and O–H groups in total. The van der Waals surface area contributed by atoms with Crippen LogP contribution in [-0.2, 0) is 19.0 Å². The van der Waals surface area contributed by atoms with Crippen LogP contribution in [0.4, 0.5) is 0 Å². The highest BCUT2D eigenvalue weighted by Crippen LogP contribution is 2.46. The first-order valence-electron chi connectivity index (χ1n) is 6.20. The summed E-state index contributed by atoms with van der Waals surface area (Å²) in [6.07, 6.45) is 1.46. The summed E-state index contributed by atoms with van der Waals surface area (Å²) in [5.74, 6) is -0.332. The molecule has 0 aromatic heterocycles. The number of esters is 1. The molecule has 2 aliphatic heterocycles. The molecule has 0 bridgehead atoms. The Labute approximate surface area is 101 Å². The third-order valence-corrected chi connectivity index (χ3v) is 3.90. The van der Waals surface area contributed by atoms with Gasteiger partial charge in [0.1, 0.15) is 5.41 Å². The molecule has 1 unspecified atom stereocenters. The van der Waals surface area contributed by atoms with Crippen LogP contribution in [0, 0.1) is 5.41 Å². The van der Waals surface area contributed by atoms with Crippen molar-refractivity contribution >= 4 is 5.97 Å². The summed E-state index contributed by atoms with van der Waals surface area (Å²) in [6, 6.07) is 0. The van der Waals surface area contributed by atoms with Crippen LogP contribution < -0.4 is 0 Å². The Morgan fingerprint density at radius 1 is 1.24 bits per heavy atom. The predicted octanol–water partition coefficient (Wildman–Crippen LogP) is 0.498. The molecule has 0 amide bonds. The molecule has 2 aliphatic rings. The van der Waals surface area contributed by atoms with E-state index in [1.54, 1.807) is 6.92 Å². The molecule has 0 saturated carbocycles. The maximum Gasteiger partial charge on any atom is 0.317 e. The van der Waals surface area contributed by atoms with Crippen LogP contribution in [0.1, 0.15) is 26.2 Å². The molecule has 2 heterocycles. The topological polar surface area (TPSA) is 65.0 Å². The van der Waals surface area contributed by atoms with Crippen LogP contribution in [0.25, 0.3) is 0 Å². The average molecular weight is 244 g/mol. The number of hydrogen-bond acceptors (Lipinski definition) is 5. The molecule has 2 rings (SSSR count). The van der Waals surface area contributed by atoms with Gasteiger partial charge < -0.3 is 19.3 Å². The molecule has 5 nitrogen and oxygen atoms in total. The largest absolute Gasteiger partial charge is 0.465 e. The number of hydrogen-bond donors (Lipinski definition) is 1. The maximum atomic E-state index is 12.2. The first-order valence-corrected chi connectivity index (χ1v) is 6.20. The van der Waals surface area contributed by atoms with Gasteiger partial charge in [-0.1, -0.05) is 0 Å². The summed E-state index contributed by atoms with van der Waals surface area (Å²) in [4.78, 5) is 12.2. The van der Waals surface area contributed by atoms with E-state index >= 15 is 0 Å². The molecule has 1 atom stereocenters. The number of rotatable bonds is 3. The summed E-state index contributed by atoms with van der Waals surface area (Å²) >= 11 is 0. The second kappa shape index (κ2) is 4.92. The van der Waals surface area contributed by atoms with Crippen LogP contribution in [0.2, 0.25) is 0 Å². The summed E-state index contributed by atoms with van der Waals surface area (Å²) in [5.41, 5.74) is -1.94. The molecule has 0 aromatic rings. The van der Waals surface area contributed by atoms with Gasteiger partial charge in [0.15, 0.2) is 0 Å². The minimum Gasteiger partial charge on any atom is -0.465 e. The first-order chi connectivity index (χ1) is 8.15. The predicted molar refractivity (Wildman–Crippen MR) is 59.5 cm³/mol. The van der Waals surface area contributed by atoms with Gasteiger partial charge in [-0.25, -0.2) is 0 Å². The lowest BCUT2D eigenvalue weighted by Gasteiger charge is -2.44. The van der Waals surface area contributed by atoms with Gasteiger partial charge in [-0.15, -0.1) is 0 Å². The lowest BCUT2D eigenvalue weighted by Crippen LogP contribution is -2.57. The van der Waals surface area contributed by atoms with Gasteiger partial charge in [0.2, 0.25) is 0 Å². The molecule has 0 aliphatic carbocycles. The molecule has 17 heavy (non-hydrogen) atoms. The molecule has 5 heteroatoms. The van der Waals surface area contributed by atoms with Crippen molar-refractivity contribution in [3.63, 3.8) is 0 Å². The Balaban J connectivity index is 2.23. The highest BCUT2D eigenvalue weighted by atomic mass is 16.5. The number of carbonyl (C=O) groups is 1. The van der Waals surface area contributed by atoms with Crippen LogP contribution in [0.5, 0.6) is 0 Å². The Kier molecular flexibility index (Phi) is 3.70. The fourth-order valence-electron chi connectivity index (χ4n) is 2.74. The number of ether oxygens (including phenoxy) is 3. The molecule has 2 saturated heterocycles. The Hall–Kier alpha value is -0.650. The van der Waals surface area contributed by atoms with E-state index in [0.29, 0.717) is 45.7 Å². The Morgan fingerprint density at radius 3 is 2.41 bits per heavy atom. The fourth-order valence-corrected chi connectivity index (χ4v) is 2.74. The zero-order chi connectivity index (χ0) is 12.4. The third kappa shape index (κ3) is 2.07. The molecular formula is C12H20O5. The lowest BCUT2D eigenvalue weighted by molar-refractivity contribution is -0.188. The standard InChI is InChI=1S/C12H20O5/c1-2-17-10(13)11(3-6-16-9-11)12(14)4-7-15-8-5-12/h14H,2-9H2,1H3. The molecular weight excluding hydrogens is 224 g/mol. The van der Waals surface area contributed by atoms with Crippen molar-refractivity contribution in [2.24, 2.45) is 5.41 Å². The van der Waals surface area contributed by atoms with E-state index in [1.807, 2.05) is 0 Å². The van der Waals surface area contributed by atoms with Crippen LogP contribution in [-0.4, -0.2) is 49.7 Å². The van der Waals surface area contributed by atoms with Crippen molar-refractivity contribution < 1.29 is 24.1 Å². The lowest BCUT2D eigenvalue weighted by atomic mass is 9.67. The molecule has 0 aromatic carbocycles. The first kappa shape index (κ1) is 12.8. The SMILES string of the molecule is CCOC(=O)C1(C2(O)CCOCC2)CCOC1. The van der Waals surface area contributed by atoms with Gasteiger partial charge in [0, 0.05) is 32.7 Å². The summed E-state index contributed by atoms with van der Waals surface area (Å²) in [7, 11) is 0. The van der Waals surface area contributed by atoms with Gasteiger partial charge in [-0.05, 0) is 13.3 Å². The molecule has 2 fully saturated rings. The van der Waals surface area contributed by atoms with Gasteiger partial charge in [-0.2, -0.15) is 0 Å². The fraction of sp³-hybridized carbons (Fsp3) is 0.917. The second-order valence-corrected chi connectivity index (χ2v) is 4.75. The van der Waals surface area contributed by atoms with E-state index in [0.717, 1.165) is 0 Å². The van der Waals surface area contributed by atoms with Gasteiger partial charge in [0.25, 0.3) is 0 Å². The molecule has 0 spiro atoms. The minimum absolute atomic E-state index is 0.252. The van der Waals surface area contributed by atoms with E-state index in [4.69, 9.17) is 14.2 Å². The summed E-state index contributed by atoms with van der Waals surface area (Å²) in [6.45, 7) is 3.82. The normalized spacial score (nSPS) is 32.4. The minimum atomic E-state index is -1.05. The zero-order valence-corrected chi connectivity index (χ0v) is 10.2. The van der Waals surface area contributed by atoms with Crippen LogP contribution in [0.15, 0.2) is 0 Å². The van der Waals surface area contributed by atoms with Crippen molar-refractivity contribution in [3.05, 3.63) is 0 Å². The highest BCUT2D eigenvalue weighted by Gasteiger charge is 2.59. The smallest absolute Gasteiger partial charge is 0.317 e. The Bertz CT molecular complexity index is 277. The third-order valence-electron chi connectivity index (χ3n) is 3.90. The summed E-state index contributed by atoms with van der Waals surface area (Å²) in [5, 5.41) is 10.8. The van der Waals surface area contributed by atoms with Crippen LogP contribution >= 0.6 is 0 Å². The van der Waals surface area contributed by atoms with E-state index in [9.17, 15) is 9.90 Å². The van der Waals surface area contributed by atoms with Crippen molar-refractivity contribution in [2.45, 2.75) is 31.8 Å². The van der Waals surface area contributed by atoms with Crippen molar-refractivity contribution in [2.75, 3.05) is 33.0 Å². The average Bonchev–Trinajstić information content (AvgIpc) is 2.81. The highest BCUT2D eigenvalue weighted by molar-refractivity contribution is 5.79. The molecule has 98 valence electrons. The van der Waals surface area contributed by atoms with E-state index in [-0.39, 0.29) is 12.6 Å². The quantitative estimate of drug-likeness (QED) is 0.732. The molecule has 0 radical (unpaired) electrons. The van der Waals surface area contributed by atoms with Crippen LogP contribution in [0.3, 0.4) is 0 Å². The van der Waals surface area contributed by atoms with Gasteiger partial charge >= 0.3 is 5.97 Å². The maximum absolute atomic E-state index is 12.2. The van der Waals surface area contributed by atoms with Crippen molar-refractivity contribution in [1.82, 2.24) is 0 Å². The van der Waals surface area contributed by atoms with E-state index < -0.39 is 11.0 Å². The monoisotopic (exact) mass is 244 g/mol. The van der Waals surface area contributed by atoms with Gasteiger partial charge in [-0.3, -0.25) is 4.79 Å². The van der Waals surface area contributed by atoms with Crippen molar-refractivity contribution in [3.8, 4) is 0 Å².